The van der Waals surface area contributed by atoms with E-state index in [0.29, 0.717) is 10.6 Å². The van der Waals surface area contributed by atoms with Gasteiger partial charge in [0.25, 0.3) is 5.56 Å². The van der Waals surface area contributed by atoms with Crippen molar-refractivity contribution in [3.8, 4) is 0 Å². The molecule has 0 aromatic carbocycles. The van der Waals surface area contributed by atoms with Gasteiger partial charge in [0.1, 0.15) is 5.56 Å². The number of esters is 1. The predicted octanol–water partition coefficient (Wildman–Crippen LogP) is 1.95. The van der Waals surface area contributed by atoms with E-state index < -0.39 is 29.5 Å². The Balaban J connectivity index is 3.20. The van der Waals surface area contributed by atoms with E-state index in [4.69, 9.17) is 0 Å². The van der Waals surface area contributed by atoms with E-state index in [0.717, 1.165) is 19.2 Å². The molecule has 0 aliphatic rings. The zero-order valence-electron chi connectivity index (χ0n) is 9.12. The Morgan fingerprint density at radius 1 is 1.47 bits per heavy atom. The van der Waals surface area contributed by atoms with Gasteiger partial charge in [-0.3, -0.25) is 14.2 Å². The van der Waals surface area contributed by atoms with Crippen molar-refractivity contribution in [2.45, 2.75) is 26.3 Å². The summed E-state index contributed by atoms with van der Waals surface area (Å²) in [5, 5.41) is 0. The van der Waals surface area contributed by atoms with Crippen LogP contribution in [-0.4, -0.2) is 10.5 Å². The molecule has 94 valence electrons. The molecule has 0 bridgehead atoms. The van der Waals surface area contributed by atoms with Crippen LogP contribution < -0.4 is 5.56 Å². The minimum absolute atomic E-state index is 0.679. The largest absolute Gasteiger partial charge is 0.442 e. The first-order chi connectivity index (χ1) is 7.73. The molecule has 0 fully saturated rings. The molecule has 7 heteroatoms. The van der Waals surface area contributed by atoms with Crippen LogP contribution >= 0.6 is 0 Å². The Kier molecular flexibility index (Phi) is 3.59. The number of hydrogen-bond acceptors (Lipinski definition) is 3. The minimum Gasteiger partial charge on any atom is -0.442 e. The second-order valence-corrected chi connectivity index (χ2v) is 3.34. The summed E-state index contributed by atoms with van der Waals surface area (Å²) in [5.74, 6) is -0.679. The zero-order valence-corrected chi connectivity index (χ0v) is 9.12. The second kappa shape index (κ2) is 4.60. The van der Waals surface area contributed by atoms with Gasteiger partial charge in [-0.1, -0.05) is 0 Å². The van der Waals surface area contributed by atoms with Crippen molar-refractivity contribution in [2.24, 2.45) is 0 Å². The number of pyridine rings is 1. The van der Waals surface area contributed by atoms with Crippen LogP contribution in [0, 0.1) is 0 Å². The first kappa shape index (κ1) is 13.3. The summed E-state index contributed by atoms with van der Waals surface area (Å²) < 4.78 is 42.7. The highest BCUT2D eigenvalue weighted by molar-refractivity contribution is 5.65. The lowest BCUT2D eigenvalue weighted by atomic mass is 10.2. The molecule has 17 heavy (non-hydrogen) atoms. The third kappa shape index (κ3) is 3.08. The van der Waals surface area contributed by atoms with Gasteiger partial charge in [0.2, 0.25) is 0 Å². The van der Waals surface area contributed by atoms with Crippen molar-refractivity contribution in [3.05, 3.63) is 34.2 Å². The molecular formula is C10H10F3NO3. The van der Waals surface area contributed by atoms with Gasteiger partial charge >= 0.3 is 12.1 Å². The first-order valence-electron chi connectivity index (χ1n) is 4.69. The van der Waals surface area contributed by atoms with Gasteiger partial charge in [-0.05, 0) is 19.1 Å². The Morgan fingerprint density at radius 3 is 2.53 bits per heavy atom. The average molecular weight is 249 g/mol. The van der Waals surface area contributed by atoms with Gasteiger partial charge < -0.3 is 4.74 Å². The lowest BCUT2D eigenvalue weighted by Crippen LogP contribution is -2.31. The van der Waals surface area contributed by atoms with Crippen LogP contribution in [0.4, 0.5) is 13.2 Å². The molecule has 1 aromatic rings. The number of ether oxygens (including phenoxy) is 1. The molecule has 1 aromatic heterocycles. The highest BCUT2D eigenvalue weighted by Crippen LogP contribution is 2.26. The standard InChI is InChI=1S/C10H10F3NO3/c1-6(17-7(2)15)14-5-3-4-8(9(14)16)10(11,12)13/h3-6H,1-2H3. The SMILES string of the molecule is CC(=O)OC(C)n1cccc(C(F)(F)F)c1=O. The molecule has 0 radical (unpaired) electrons. The fourth-order valence-corrected chi connectivity index (χ4v) is 1.31. The number of rotatable bonds is 2. The fraction of sp³-hybridized carbons (Fsp3) is 0.400. The fourth-order valence-electron chi connectivity index (χ4n) is 1.31. The van der Waals surface area contributed by atoms with E-state index in [1.807, 2.05) is 0 Å². The van der Waals surface area contributed by atoms with Crippen LogP contribution in [0.2, 0.25) is 0 Å². The van der Waals surface area contributed by atoms with Crippen LogP contribution in [0.25, 0.3) is 0 Å². The summed E-state index contributed by atoms with van der Waals surface area (Å²) in [7, 11) is 0. The Bertz CT molecular complexity index is 478. The van der Waals surface area contributed by atoms with Gasteiger partial charge in [0.15, 0.2) is 6.23 Å². The topological polar surface area (TPSA) is 48.3 Å². The predicted molar refractivity (Wildman–Crippen MR) is 52.2 cm³/mol. The molecule has 1 heterocycles. The van der Waals surface area contributed by atoms with Crippen molar-refractivity contribution >= 4 is 5.97 Å². The van der Waals surface area contributed by atoms with E-state index in [1.165, 1.54) is 6.92 Å². The van der Waals surface area contributed by atoms with Gasteiger partial charge in [0, 0.05) is 13.1 Å². The van der Waals surface area contributed by atoms with Crippen LogP contribution in [0.15, 0.2) is 23.1 Å². The number of halogens is 3. The van der Waals surface area contributed by atoms with Crippen LogP contribution in [-0.2, 0) is 15.7 Å². The zero-order chi connectivity index (χ0) is 13.2. The number of nitrogens with zero attached hydrogens (tertiary/aromatic N) is 1. The minimum atomic E-state index is -4.73. The molecule has 0 aliphatic heterocycles. The highest BCUT2D eigenvalue weighted by Gasteiger charge is 2.34. The third-order valence-electron chi connectivity index (χ3n) is 2.01. The Labute approximate surface area is 94.6 Å². The molecule has 0 saturated carbocycles. The average Bonchev–Trinajstić information content (AvgIpc) is 2.14. The van der Waals surface area contributed by atoms with Gasteiger partial charge in [-0.25, -0.2) is 0 Å². The van der Waals surface area contributed by atoms with Crippen molar-refractivity contribution in [3.63, 3.8) is 0 Å². The summed E-state index contributed by atoms with van der Waals surface area (Å²) in [6.07, 6.45) is -4.68. The quantitative estimate of drug-likeness (QED) is 0.752. The monoisotopic (exact) mass is 249 g/mol. The third-order valence-corrected chi connectivity index (χ3v) is 2.01. The first-order valence-corrected chi connectivity index (χ1v) is 4.69. The van der Waals surface area contributed by atoms with Crippen molar-refractivity contribution in [1.29, 1.82) is 0 Å². The van der Waals surface area contributed by atoms with E-state index in [9.17, 15) is 22.8 Å². The summed E-state index contributed by atoms with van der Waals surface area (Å²) in [4.78, 5) is 22.2. The summed E-state index contributed by atoms with van der Waals surface area (Å²) in [6, 6.07) is 1.75. The van der Waals surface area contributed by atoms with E-state index in [2.05, 4.69) is 4.74 Å². The number of carbonyl (C=O) groups is 1. The maximum absolute atomic E-state index is 12.4. The molecule has 0 saturated heterocycles. The Hall–Kier alpha value is -1.79. The van der Waals surface area contributed by atoms with Gasteiger partial charge in [0.05, 0.1) is 0 Å². The number of carbonyl (C=O) groups excluding carboxylic acids is 1. The molecule has 0 spiro atoms. The van der Waals surface area contributed by atoms with Crippen LogP contribution in [0.1, 0.15) is 25.6 Å². The molecule has 1 unspecified atom stereocenters. The molecule has 1 atom stereocenters. The number of aromatic nitrogens is 1. The summed E-state index contributed by atoms with van der Waals surface area (Å²) in [5.41, 5.74) is -2.53. The van der Waals surface area contributed by atoms with Crippen molar-refractivity contribution in [2.75, 3.05) is 0 Å². The van der Waals surface area contributed by atoms with Crippen molar-refractivity contribution in [1.82, 2.24) is 4.57 Å². The molecule has 0 aliphatic carbocycles. The molecule has 1 rings (SSSR count). The summed E-state index contributed by atoms with van der Waals surface area (Å²) in [6.45, 7) is 2.41. The van der Waals surface area contributed by atoms with E-state index in [-0.39, 0.29) is 0 Å². The van der Waals surface area contributed by atoms with Crippen molar-refractivity contribution < 1.29 is 22.7 Å². The smallest absolute Gasteiger partial charge is 0.421 e. The lowest BCUT2D eigenvalue weighted by Gasteiger charge is -2.16. The van der Waals surface area contributed by atoms with Crippen LogP contribution in [0.3, 0.4) is 0 Å². The maximum atomic E-state index is 12.4. The molecule has 0 N–H and O–H groups in total. The summed E-state index contributed by atoms with van der Waals surface area (Å²) >= 11 is 0. The highest BCUT2D eigenvalue weighted by atomic mass is 19.4. The second-order valence-electron chi connectivity index (χ2n) is 3.34. The maximum Gasteiger partial charge on any atom is 0.421 e. The lowest BCUT2D eigenvalue weighted by molar-refractivity contribution is -0.150. The van der Waals surface area contributed by atoms with Gasteiger partial charge in [-0.2, -0.15) is 13.2 Å². The normalized spacial score (nSPS) is 13.2. The van der Waals surface area contributed by atoms with E-state index >= 15 is 0 Å². The number of hydrogen-bond donors (Lipinski definition) is 0. The number of alkyl halides is 3. The van der Waals surface area contributed by atoms with Crippen LogP contribution in [0.5, 0.6) is 0 Å². The van der Waals surface area contributed by atoms with E-state index in [1.54, 1.807) is 0 Å². The van der Waals surface area contributed by atoms with Gasteiger partial charge in [-0.15, -0.1) is 0 Å². The Morgan fingerprint density at radius 2 is 2.06 bits per heavy atom. The molecular weight excluding hydrogens is 239 g/mol. The molecule has 4 nitrogen and oxygen atoms in total. The molecule has 0 amide bonds.